The highest BCUT2D eigenvalue weighted by molar-refractivity contribution is 7.13. The van der Waals surface area contributed by atoms with E-state index in [0.717, 1.165) is 18.9 Å². The third-order valence-electron chi connectivity index (χ3n) is 5.18. The van der Waals surface area contributed by atoms with Gasteiger partial charge in [-0.15, -0.1) is 24.8 Å². The summed E-state index contributed by atoms with van der Waals surface area (Å²) in [6, 6.07) is 8.00. The maximum Gasteiger partial charge on any atom is 0.225 e. The van der Waals surface area contributed by atoms with Crippen LogP contribution in [0.3, 0.4) is 0 Å². The molecule has 3 atom stereocenters. The lowest BCUT2D eigenvalue weighted by Crippen LogP contribution is -2.50. The summed E-state index contributed by atoms with van der Waals surface area (Å²) in [7, 11) is 0. The fourth-order valence-electron chi connectivity index (χ4n) is 3.75. The van der Waals surface area contributed by atoms with Crippen molar-refractivity contribution in [2.75, 3.05) is 31.1 Å². The minimum atomic E-state index is -0.540. The van der Waals surface area contributed by atoms with Crippen LogP contribution < -0.4 is 10.6 Å². The predicted molar refractivity (Wildman–Crippen MR) is 110 cm³/mol. The molecule has 1 amide bonds. The second kappa shape index (κ2) is 8.71. The third-order valence-corrected chi connectivity index (χ3v) is 5.99. The molecule has 2 aromatic rings. The third kappa shape index (κ3) is 3.92. The van der Waals surface area contributed by atoms with Gasteiger partial charge in [-0.25, -0.2) is 0 Å². The lowest BCUT2D eigenvalue weighted by atomic mass is 10.1. The average Bonchev–Trinajstić information content (AvgIpc) is 3.18. The van der Waals surface area contributed by atoms with Crippen molar-refractivity contribution in [3.8, 4) is 0 Å². The van der Waals surface area contributed by atoms with E-state index in [1.807, 2.05) is 17.0 Å². The number of nitrogens with two attached hydrogens (primary N) is 1. The molecule has 0 bridgehead atoms. The normalized spacial score (nSPS) is 25.7. The summed E-state index contributed by atoms with van der Waals surface area (Å²) in [6.45, 7) is 2.99. The molecule has 144 valence electrons. The fraction of sp³-hybridized carbons (Fsp3) is 0.529. The maximum atomic E-state index is 12.6. The van der Waals surface area contributed by atoms with Gasteiger partial charge in [-0.05, 0) is 36.5 Å². The SMILES string of the molecule is Cl.Cl.N[C@H]1C[C@H](C(=O)N2CCN(c3nsc4ccccc34)CC2)C[C@@H]1O. The molecule has 4 rings (SSSR count). The van der Waals surface area contributed by atoms with Crippen LogP contribution in [0.1, 0.15) is 12.8 Å². The van der Waals surface area contributed by atoms with E-state index in [0.29, 0.717) is 25.9 Å². The zero-order valence-electron chi connectivity index (χ0n) is 14.3. The molecular weight excluding hydrogens is 395 g/mol. The van der Waals surface area contributed by atoms with E-state index < -0.39 is 6.10 Å². The van der Waals surface area contributed by atoms with Crippen molar-refractivity contribution in [3.63, 3.8) is 0 Å². The Morgan fingerprint density at radius 1 is 1.15 bits per heavy atom. The number of halogens is 2. The monoisotopic (exact) mass is 418 g/mol. The Labute approximate surface area is 169 Å². The number of hydrogen-bond donors (Lipinski definition) is 2. The van der Waals surface area contributed by atoms with Crippen molar-refractivity contribution in [1.29, 1.82) is 0 Å². The van der Waals surface area contributed by atoms with Gasteiger partial charge in [0.2, 0.25) is 5.91 Å². The van der Waals surface area contributed by atoms with E-state index >= 15 is 0 Å². The fourth-order valence-corrected chi connectivity index (χ4v) is 4.54. The number of rotatable bonds is 2. The Morgan fingerprint density at radius 3 is 2.50 bits per heavy atom. The average molecular weight is 419 g/mol. The van der Waals surface area contributed by atoms with Crippen molar-refractivity contribution in [2.24, 2.45) is 11.7 Å². The van der Waals surface area contributed by atoms with Crippen molar-refractivity contribution in [3.05, 3.63) is 24.3 Å². The van der Waals surface area contributed by atoms with Gasteiger partial charge >= 0.3 is 0 Å². The summed E-state index contributed by atoms with van der Waals surface area (Å²) in [5.41, 5.74) is 5.84. The molecule has 1 aromatic carbocycles. The Morgan fingerprint density at radius 2 is 1.85 bits per heavy atom. The van der Waals surface area contributed by atoms with E-state index in [4.69, 9.17) is 5.73 Å². The molecule has 2 heterocycles. The van der Waals surface area contributed by atoms with Crippen LogP contribution >= 0.6 is 36.3 Å². The van der Waals surface area contributed by atoms with E-state index in [2.05, 4.69) is 21.4 Å². The second-order valence-electron chi connectivity index (χ2n) is 6.71. The lowest BCUT2D eigenvalue weighted by molar-refractivity contribution is -0.135. The molecule has 0 radical (unpaired) electrons. The van der Waals surface area contributed by atoms with E-state index in [1.165, 1.54) is 21.6 Å². The van der Waals surface area contributed by atoms with E-state index in [1.54, 1.807) is 0 Å². The van der Waals surface area contributed by atoms with Gasteiger partial charge in [-0.2, -0.15) is 4.37 Å². The lowest BCUT2D eigenvalue weighted by Gasteiger charge is -2.36. The van der Waals surface area contributed by atoms with Gasteiger partial charge in [0.15, 0.2) is 0 Å². The zero-order valence-corrected chi connectivity index (χ0v) is 16.7. The minimum Gasteiger partial charge on any atom is -0.391 e. The molecule has 9 heteroatoms. The number of amides is 1. The number of nitrogens with zero attached hydrogens (tertiary/aromatic N) is 3. The Hall–Kier alpha value is -1.12. The van der Waals surface area contributed by atoms with Crippen LogP contribution in [0.15, 0.2) is 24.3 Å². The van der Waals surface area contributed by atoms with Gasteiger partial charge in [0.25, 0.3) is 0 Å². The van der Waals surface area contributed by atoms with Crippen molar-refractivity contribution in [2.45, 2.75) is 25.0 Å². The van der Waals surface area contributed by atoms with Crippen LogP contribution in [0, 0.1) is 5.92 Å². The Balaban J connectivity index is 0.00000121. The van der Waals surface area contributed by atoms with E-state index in [-0.39, 0.29) is 42.7 Å². The van der Waals surface area contributed by atoms with Crippen LogP contribution in [0.2, 0.25) is 0 Å². The molecule has 26 heavy (non-hydrogen) atoms. The first-order valence-corrected chi connectivity index (χ1v) is 9.22. The highest BCUT2D eigenvalue weighted by Gasteiger charge is 2.37. The highest BCUT2D eigenvalue weighted by Crippen LogP contribution is 2.31. The molecule has 2 fully saturated rings. The van der Waals surface area contributed by atoms with Crippen LogP contribution in [-0.2, 0) is 4.79 Å². The van der Waals surface area contributed by atoms with Crippen LogP contribution in [0.5, 0.6) is 0 Å². The number of hydrogen-bond acceptors (Lipinski definition) is 6. The molecule has 1 saturated carbocycles. The first-order valence-electron chi connectivity index (χ1n) is 8.45. The number of benzene rings is 1. The number of aliphatic hydroxyl groups is 1. The molecule has 1 saturated heterocycles. The van der Waals surface area contributed by atoms with Gasteiger partial charge in [0.05, 0.1) is 10.8 Å². The van der Waals surface area contributed by atoms with Crippen molar-refractivity contribution >= 4 is 58.2 Å². The summed E-state index contributed by atoms with van der Waals surface area (Å²) in [6.07, 6.45) is 0.551. The molecule has 2 aliphatic rings. The molecule has 1 aromatic heterocycles. The van der Waals surface area contributed by atoms with Gasteiger partial charge in [0.1, 0.15) is 5.82 Å². The van der Waals surface area contributed by atoms with Crippen LogP contribution in [-0.4, -0.2) is 58.6 Å². The topological polar surface area (TPSA) is 82.7 Å². The first-order chi connectivity index (χ1) is 11.6. The standard InChI is InChI=1S/C17H22N4O2S.2ClH/c18-13-9-11(10-14(13)22)17(23)21-7-5-20(6-8-21)16-12-3-1-2-4-15(12)24-19-16;;/h1-4,11,13-14,22H,5-10,18H2;2*1H/t11-,13-,14-;;/m0../s1. The number of anilines is 1. The van der Waals surface area contributed by atoms with Crippen LogP contribution in [0.4, 0.5) is 5.82 Å². The van der Waals surface area contributed by atoms with Crippen molar-refractivity contribution < 1.29 is 9.90 Å². The van der Waals surface area contributed by atoms with E-state index in [9.17, 15) is 9.90 Å². The number of aromatic nitrogens is 1. The molecule has 3 N–H and O–H groups in total. The Bertz CT molecular complexity index is 741. The predicted octanol–water partition coefficient (Wildman–Crippen LogP) is 1.89. The summed E-state index contributed by atoms with van der Waals surface area (Å²) in [4.78, 5) is 16.8. The molecule has 6 nitrogen and oxygen atoms in total. The number of carbonyl (C=O) groups excluding carboxylic acids is 1. The van der Waals surface area contributed by atoms with Gasteiger partial charge in [0, 0.05) is 43.5 Å². The minimum absolute atomic E-state index is 0. The van der Waals surface area contributed by atoms with Gasteiger partial charge in [-0.1, -0.05) is 12.1 Å². The molecule has 0 unspecified atom stereocenters. The largest absolute Gasteiger partial charge is 0.391 e. The highest BCUT2D eigenvalue weighted by atomic mass is 35.5. The quantitative estimate of drug-likeness (QED) is 0.777. The number of fused-ring (bicyclic) bond motifs is 1. The van der Waals surface area contributed by atoms with Gasteiger partial charge < -0.3 is 20.6 Å². The molecule has 1 aliphatic heterocycles. The van der Waals surface area contributed by atoms with Gasteiger partial charge in [-0.3, -0.25) is 4.79 Å². The maximum absolute atomic E-state index is 12.6. The summed E-state index contributed by atoms with van der Waals surface area (Å²) in [5.74, 6) is 1.05. The number of aliphatic hydroxyl groups excluding tert-OH is 1. The Kier molecular flexibility index (Phi) is 7.10. The number of piperazine rings is 1. The molecule has 1 aliphatic carbocycles. The summed E-state index contributed by atoms with van der Waals surface area (Å²) in [5, 5.41) is 11.0. The smallest absolute Gasteiger partial charge is 0.225 e. The van der Waals surface area contributed by atoms with Crippen molar-refractivity contribution in [1.82, 2.24) is 9.27 Å². The summed E-state index contributed by atoms with van der Waals surface area (Å²) < 4.78 is 5.80. The van der Waals surface area contributed by atoms with Crippen LogP contribution in [0.25, 0.3) is 10.1 Å². The molecule has 0 spiro atoms. The molecular formula is C17H24Cl2N4O2S. The zero-order chi connectivity index (χ0) is 16.7. The summed E-state index contributed by atoms with van der Waals surface area (Å²) >= 11 is 1.52. The number of carbonyl (C=O) groups is 1. The second-order valence-corrected chi connectivity index (χ2v) is 7.52. The first kappa shape index (κ1) is 21.2.